The fourth-order valence-electron chi connectivity index (χ4n) is 3.31. The van der Waals surface area contributed by atoms with Crippen molar-refractivity contribution in [1.29, 1.82) is 0 Å². The molecule has 2 rings (SSSR count). The van der Waals surface area contributed by atoms with Crippen LogP contribution >= 0.6 is 0 Å². The number of nitrogens with one attached hydrogen (secondary N) is 1. The summed E-state index contributed by atoms with van der Waals surface area (Å²) in [5.41, 5.74) is 2.10. The maximum Gasteiger partial charge on any atom is 0.251 e. The second kappa shape index (κ2) is 7.77. The lowest BCUT2D eigenvalue weighted by molar-refractivity contribution is -0.137. The van der Waals surface area contributed by atoms with Crippen molar-refractivity contribution in [2.45, 2.75) is 59.8 Å². The third-order valence-corrected chi connectivity index (χ3v) is 4.71. The van der Waals surface area contributed by atoms with Crippen LogP contribution in [0.25, 0.3) is 0 Å². The van der Waals surface area contributed by atoms with Crippen molar-refractivity contribution in [1.82, 2.24) is 14.9 Å². The van der Waals surface area contributed by atoms with Crippen LogP contribution in [0.4, 0.5) is 0 Å². The summed E-state index contributed by atoms with van der Waals surface area (Å²) in [6.07, 6.45) is 6.59. The van der Waals surface area contributed by atoms with E-state index in [9.17, 15) is 9.59 Å². The lowest BCUT2D eigenvalue weighted by Gasteiger charge is -2.40. The Morgan fingerprint density at radius 2 is 2.17 bits per heavy atom. The number of allylic oxidation sites excluding steroid dienone is 2. The number of carbonyl (C=O) groups is 1. The molecule has 1 aromatic heterocycles. The molecule has 5 heteroatoms. The van der Waals surface area contributed by atoms with Gasteiger partial charge in [-0.3, -0.25) is 9.59 Å². The molecule has 0 radical (unpaired) electrons. The molecule has 0 bridgehead atoms. The Morgan fingerprint density at radius 3 is 2.83 bits per heavy atom. The van der Waals surface area contributed by atoms with Crippen LogP contribution in [0.3, 0.4) is 0 Å². The zero-order valence-corrected chi connectivity index (χ0v) is 15.3. The largest absolute Gasteiger partial charge is 0.342 e. The first-order valence-electron chi connectivity index (χ1n) is 8.75. The molecule has 0 aliphatic carbocycles. The first kappa shape index (κ1) is 18.4. The Morgan fingerprint density at radius 1 is 1.42 bits per heavy atom. The Bertz CT molecular complexity index is 673. The summed E-state index contributed by atoms with van der Waals surface area (Å²) in [5, 5.41) is 0. The molecule has 1 N–H and O–H groups in total. The van der Waals surface area contributed by atoms with Gasteiger partial charge < -0.3 is 9.88 Å². The SMILES string of the molecule is CC(C)=CCC[C@]1(C)CCC(=O)N(CCc2nc(C)cc(=O)[nH]2)C1. The number of likely N-dealkylation sites (tertiary alicyclic amines) is 1. The zero-order valence-electron chi connectivity index (χ0n) is 15.3. The van der Waals surface area contributed by atoms with Gasteiger partial charge in [0.05, 0.1) is 0 Å². The minimum absolute atomic E-state index is 0.131. The molecule has 0 saturated carbocycles. The van der Waals surface area contributed by atoms with E-state index in [2.05, 4.69) is 36.8 Å². The molecule has 1 amide bonds. The van der Waals surface area contributed by atoms with Gasteiger partial charge in [-0.25, -0.2) is 4.98 Å². The van der Waals surface area contributed by atoms with Crippen molar-refractivity contribution < 1.29 is 4.79 Å². The predicted molar refractivity (Wildman–Crippen MR) is 95.9 cm³/mol. The molecule has 24 heavy (non-hydrogen) atoms. The van der Waals surface area contributed by atoms with E-state index in [-0.39, 0.29) is 16.9 Å². The van der Waals surface area contributed by atoms with Crippen molar-refractivity contribution in [3.05, 3.63) is 39.6 Å². The van der Waals surface area contributed by atoms with Gasteiger partial charge in [-0.05, 0) is 45.4 Å². The molecule has 1 aliphatic heterocycles. The Labute approximate surface area is 144 Å². The van der Waals surface area contributed by atoms with Gasteiger partial charge >= 0.3 is 0 Å². The highest BCUT2D eigenvalue weighted by Gasteiger charge is 2.34. The highest BCUT2D eigenvalue weighted by atomic mass is 16.2. The number of rotatable bonds is 6. The molecule has 1 saturated heterocycles. The standard InChI is InChI=1S/C19H29N3O2/c1-14(2)6-5-9-19(4)10-7-18(24)22(13-19)11-8-16-20-15(3)12-17(23)21-16/h6,12H,5,7-11,13H2,1-4H3,(H,20,21,23)/t19-/m1/s1. The number of H-pyrrole nitrogens is 1. The second-order valence-corrected chi connectivity index (χ2v) is 7.53. The molecule has 1 aromatic rings. The first-order valence-corrected chi connectivity index (χ1v) is 8.75. The average Bonchev–Trinajstić information content (AvgIpc) is 2.47. The molecule has 2 heterocycles. The molecule has 1 atom stereocenters. The highest BCUT2D eigenvalue weighted by molar-refractivity contribution is 5.77. The van der Waals surface area contributed by atoms with E-state index >= 15 is 0 Å². The molecule has 1 fully saturated rings. The number of nitrogens with zero attached hydrogens (tertiary/aromatic N) is 2. The van der Waals surface area contributed by atoms with Gasteiger partial charge in [-0.1, -0.05) is 18.6 Å². The number of aromatic amines is 1. The van der Waals surface area contributed by atoms with E-state index < -0.39 is 0 Å². The third-order valence-electron chi connectivity index (χ3n) is 4.71. The van der Waals surface area contributed by atoms with Crippen molar-refractivity contribution in [3.8, 4) is 0 Å². The summed E-state index contributed by atoms with van der Waals surface area (Å²) in [6.45, 7) is 9.73. The molecule has 5 nitrogen and oxygen atoms in total. The van der Waals surface area contributed by atoms with E-state index in [0.29, 0.717) is 30.9 Å². The van der Waals surface area contributed by atoms with E-state index in [1.54, 1.807) is 0 Å². The van der Waals surface area contributed by atoms with E-state index in [4.69, 9.17) is 0 Å². The van der Waals surface area contributed by atoms with Crippen LogP contribution in [0.5, 0.6) is 0 Å². The van der Waals surface area contributed by atoms with Gasteiger partial charge in [-0.15, -0.1) is 0 Å². The lowest BCUT2D eigenvalue weighted by atomic mass is 9.77. The minimum atomic E-state index is -0.131. The normalized spacial score (nSPS) is 21.0. The van der Waals surface area contributed by atoms with Crippen LogP contribution in [0.15, 0.2) is 22.5 Å². The Hall–Kier alpha value is -1.91. The van der Waals surface area contributed by atoms with Crippen LogP contribution in [0.2, 0.25) is 0 Å². The number of piperidine rings is 1. The van der Waals surface area contributed by atoms with Crippen LogP contribution in [-0.2, 0) is 11.2 Å². The Balaban J connectivity index is 1.96. The molecular weight excluding hydrogens is 302 g/mol. The lowest BCUT2D eigenvalue weighted by Crippen LogP contribution is -2.46. The summed E-state index contributed by atoms with van der Waals surface area (Å²) >= 11 is 0. The fourth-order valence-corrected chi connectivity index (χ4v) is 3.31. The summed E-state index contributed by atoms with van der Waals surface area (Å²) in [7, 11) is 0. The summed E-state index contributed by atoms with van der Waals surface area (Å²) < 4.78 is 0. The van der Waals surface area contributed by atoms with Crippen LogP contribution in [0.1, 0.15) is 58.0 Å². The number of carbonyl (C=O) groups excluding carboxylic acids is 1. The van der Waals surface area contributed by atoms with Gasteiger partial charge in [0.25, 0.3) is 5.56 Å². The van der Waals surface area contributed by atoms with Gasteiger partial charge in [0.15, 0.2) is 0 Å². The molecule has 1 aliphatic rings. The molecule has 0 aromatic carbocycles. The minimum Gasteiger partial charge on any atom is -0.342 e. The third kappa shape index (κ3) is 5.32. The van der Waals surface area contributed by atoms with E-state index in [1.165, 1.54) is 11.6 Å². The van der Waals surface area contributed by atoms with Gasteiger partial charge in [-0.2, -0.15) is 0 Å². The summed E-state index contributed by atoms with van der Waals surface area (Å²) in [4.78, 5) is 32.8. The molecule has 0 spiro atoms. The maximum atomic E-state index is 12.2. The zero-order chi connectivity index (χ0) is 17.7. The smallest absolute Gasteiger partial charge is 0.251 e. The van der Waals surface area contributed by atoms with Gasteiger partial charge in [0.2, 0.25) is 5.91 Å². The summed E-state index contributed by atoms with van der Waals surface area (Å²) in [5.74, 6) is 0.870. The van der Waals surface area contributed by atoms with E-state index in [0.717, 1.165) is 25.8 Å². The number of amides is 1. The first-order chi connectivity index (χ1) is 11.3. The predicted octanol–water partition coefficient (Wildman–Crippen LogP) is 3.00. The monoisotopic (exact) mass is 331 g/mol. The molecule has 132 valence electrons. The van der Waals surface area contributed by atoms with Crippen molar-refractivity contribution in [3.63, 3.8) is 0 Å². The highest BCUT2D eigenvalue weighted by Crippen LogP contribution is 2.34. The number of aryl methyl sites for hydroxylation is 1. The van der Waals surface area contributed by atoms with Crippen LogP contribution < -0.4 is 5.56 Å². The summed E-state index contributed by atoms with van der Waals surface area (Å²) in [6, 6.07) is 1.48. The van der Waals surface area contributed by atoms with Crippen molar-refractivity contribution >= 4 is 5.91 Å². The van der Waals surface area contributed by atoms with E-state index in [1.807, 2.05) is 11.8 Å². The Kier molecular flexibility index (Phi) is 5.97. The van der Waals surface area contributed by atoms with Crippen molar-refractivity contribution in [2.75, 3.05) is 13.1 Å². The van der Waals surface area contributed by atoms with Crippen LogP contribution in [0, 0.1) is 12.3 Å². The van der Waals surface area contributed by atoms with Crippen molar-refractivity contribution in [2.24, 2.45) is 5.41 Å². The number of aromatic nitrogens is 2. The maximum absolute atomic E-state index is 12.2. The number of hydrogen-bond acceptors (Lipinski definition) is 3. The molecule has 0 unspecified atom stereocenters. The second-order valence-electron chi connectivity index (χ2n) is 7.53. The molecular formula is C19H29N3O2. The van der Waals surface area contributed by atoms with Crippen LogP contribution in [-0.4, -0.2) is 33.9 Å². The van der Waals surface area contributed by atoms with Gasteiger partial charge in [0.1, 0.15) is 5.82 Å². The average molecular weight is 331 g/mol. The topological polar surface area (TPSA) is 66.1 Å². The fraction of sp³-hybridized carbons (Fsp3) is 0.632. The van der Waals surface area contributed by atoms with Gasteiger partial charge in [0, 0.05) is 37.7 Å². The number of hydrogen-bond donors (Lipinski definition) is 1. The quantitative estimate of drug-likeness (QED) is 0.815.